The van der Waals surface area contributed by atoms with E-state index in [-0.39, 0.29) is 4.90 Å². The van der Waals surface area contributed by atoms with Crippen LogP contribution in [0, 0.1) is 13.8 Å². The zero-order valence-electron chi connectivity index (χ0n) is 11.4. The van der Waals surface area contributed by atoms with E-state index < -0.39 is 10.0 Å². The molecule has 1 aromatic rings. The molecule has 0 atom stereocenters. The van der Waals surface area contributed by atoms with Crippen molar-refractivity contribution in [3.05, 3.63) is 11.4 Å². The monoisotopic (exact) mass is 273 g/mol. The molecule has 0 aliphatic rings. The number of rotatable bonds is 7. The molecule has 6 heteroatoms. The van der Waals surface area contributed by atoms with E-state index in [1.807, 2.05) is 0 Å². The molecule has 0 aliphatic heterocycles. The van der Waals surface area contributed by atoms with Gasteiger partial charge in [0.25, 0.3) is 0 Å². The normalized spacial score (nSPS) is 12.0. The number of aryl methyl sites for hydroxylation is 2. The van der Waals surface area contributed by atoms with Gasteiger partial charge in [-0.25, -0.2) is 13.6 Å². The van der Waals surface area contributed by atoms with Gasteiger partial charge in [0, 0.05) is 6.54 Å². The van der Waals surface area contributed by atoms with Crippen LogP contribution in [0.15, 0.2) is 4.90 Å². The lowest BCUT2D eigenvalue weighted by molar-refractivity contribution is 0.521. The fourth-order valence-corrected chi connectivity index (χ4v) is 3.14. The van der Waals surface area contributed by atoms with E-state index in [0.717, 1.165) is 19.4 Å². The Morgan fingerprint density at radius 1 is 1.17 bits per heavy atom. The third kappa shape index (κ3) is 3.81. The van der Waals surface area contributed by atoms with Crippen molar-refractivity contribution < 1.29 is 8.42 Å². The van der Waals surface area contributed by atoms with E-state index in [0.29, 0.717) is 11.4 Å². The quantitative estimate of drug-likeness (QED) is 0.773. The summed E-state index contributed by atoms with van der Waals surface area (Å²) in [5, 5.41) is 9.44. The maximum absolute atomic E-state index is 11.4. The lowest BCUT2D eigenvalue weighted by atomic mass is 10.1. The summed E-state index contributed by atoms with van der Waals surface area (Å²) in [4.78, 5) is 0.177. The minimum Gasteiger partial charge on any atom is -0.268 e. The fraction of sp³-hybridized carbons (Fsp3) is 0.750. The van der Waals surface area contributed by atoms with Crippen LogP contribution >= 0.6 is 0 Å². The number of nitrogens with two attached hydrogens (primary N) is 1. The second-order valence-electron chi connectivity index (χ2n) is 4.68. The Balaban J connectivity index is 2.69. The highest BCUT2D eigenvalue weighted by Crippen LogP contribution is 2.18. The molecule has 0 aliphatic carbocycles. The van der Waals surface area contributed by atoms with Gasteiger partial charge in [0.1, 0.15) is 4.90 Å². The van der Waals surface area contributed by atoms with Crippen LogP contribution in [0.1, 0.15) is 50.4 Å². The molecule has 5 nitrogen and oxygen atoms in total. The molecule has 0 saturated carbocycles. The van der Waals surface area contributed by atoms with Crippen LogP contribution in [-0.2, 0) is 16.6 Å². The Morgan fingerprint density at radius 2 is 1.78 bits per heavy atom. The van der Waals surface area contributed by atoms with Crippen LogP contribution in [0.3, 0.4) is 0 Å². The fourth-order valence-electron chi connectivity index (χ4n) is 2.18. The standard InChI is InChI=1S/C12H23N3O2S/c1-4-5-6-7-8-9-15-11(3)12(10(2)14-15)18(13,16)17/h4-9H2,1-3H3,(H2,13,16,17). The third-order valence-electron chi connectivity index (χ3n) is 3.07. The van der Waals surface area contributed by atoms with Gasteiger partial charge in [-0.15, -0.1) is 0 Å². The summed E-state index contributed by atoms with van der Waals surface area (Å²) in [6, 6.07) is 0. The first-order chi connectivity index (χ1) is 8.38. The summed E-state index contributed by atoms with van der Waals surface area (Å²) in [5.74, 6) is 0. The molecule has 0 amide bonds. The Labute approximate surface area is 109 Å². The Bertz CT molecular complexity index is 492. The largest absolute Gasteiger partial charge is 0.268 e. The van der Waals surface area contributed by atoms with Gasteiger partial charge >= 0.3 is 0 Å². The van der Waals surface area contributed by atoms with Crippen molar-refractivity contribution in [2.45, 2.75) is 64.3 Å². The number of sulfonamides is 1. The van der Waals surface area contributed by atoms with E-state index in [1.54, 1.807) is 18.5 Å². The SMILES string of the molecule is CCCCCCCn1nc(C)c(S(N)(=O)=O)c1C. The van der Waals surface area contributed by atoms with E-state index >= 15 is 0 Å². The van der Waals surface area contributed by atoms with Crippen LogP contribution in [-0.4, -0.2) is 18.2 Å². The van der Waals surface area contributed by atoms with Crippen LogP contribution in [0.2, 0.25) is 0 Å². The van der Waals surface area contributed by atoms with Crippen molar-refractivity contribution in [2.24, 2.45) is 5.14 Å². The van der Waals surface area contributed by atoms with E-state index in [9.17, 15) is 8.42 Å². The lowest BCUT2D eigenvalue weighted by Gasteiger charge is -2.04. The molecule has 0 radical (unpaired) electrons. The first-order valence-corrected chi connectivity index (χ1v) is 7.99. The molecular formula is C12H23N3O2S. The van der Waals surface area contributed by atoms with Crippen LogP contribution in [0.5, 0.6) is 0 Å². The van der Waals surface area contributed by atoms with Crippen molar-refractivity contribution >= 4 is 10.0 Å². The zero-order valence-corrected chi connectivity index (χ0v) is 12.3. The number of aromatic nitrogens is 2. The van der Waals surface area contributed by atoms with E-state index in [1.165, 1.54) is 19.3 Å². The van der Waals surface area contributed by atoms with E-state index in [4.69, 9.17) is 5.14 Å². The molecule has 0 bridgehead atoms. The number of unbranched alkanes of at least 4 members (excludes halogenated alkanes) is 4. The smallest absolute Gasteiger partial charge is 0.241 e. The summed E-state index contributed by atoms with van der Waals surface area (Å²) in [6.45, 7) is 6.37. The molecule has 2 N–H and O–H groups in total. The topological polar surface area (TPSA) is 78.0 Å². The average Bonchev–Trinajstić information content (AvgIpc) is 2.53. The molecule has 0 saturated heterocycles. The lowest BCUT2D eigenvalue weighted by Crippen LogP contribution is -2.14. The minimum atomic E-state index is -3.67. The molecule has 1 aromatic heterocycles. The van der Waals surface area contributed by atoms with Gasteiger partial charge in [-0.1, -0.05) is 32.6 Å². The highest BCUT2D eigenvalue weighted by molar-refractivity contribution is 7.89. The maximum atomic E-state index is 11.4. The van der Waals surface area contributed by atoms with Crippen molar-refractivity contribution in [1.82, 2.24) is 9.78 Å². The molecule has 1 rings (SSSR count). The van der Waals surface area contributed by atoms with Gasteiger partial charge in [-0.05, 0) is 20.3 Å². The molecule has 0 unspecified atom stereocenters. The third-order valence-corrected chi connectivity index (χ3v) is 4.23. The predicted molar refractivity (Wildman–Crippen MR) is 71.8 cm³/mol. The van der Waals surface area contributed by atoms with E-state index in [2.05, 4.69) is 12.0 Å². The maximum Gasteiger partial charge on any atom is 0.241 e. The second-order valence-corrected chi connectivity index (χ2v) is 6.18. The number of hydrogen-bond acceptors (Lipinski definition) is 3. The molecule has 0 spiro atoms. The van der Waals surface area contributed by atoms with Gasteiger partial charge < -0.3 is 0 Å². The first-order valence-electron chi connectivity index (χ1n) is 6.44. The zero-order chi connectivity index (χ0) is 13.8. The number of primary sulfonamides is 1. The van der Waals surface area contributed by atoms with Crippen molar-refractivity contribution in [3.8, 4) is 0 Å². The molecule has 1 heterocycles. The molecule has 104 valence electrons. The summed E-state index contributed by atoms with van der Waals surface area (Å²) in [7, 11) is -3.67. The summed E-state index contributed by atoms with van der Waals surface area (Å²) >= 11 is 0. The molecule has 0 aromatic carbocycles. The average molecular weight is 273 g/mol. The van der Waals surface area contributed by atoms with Crippen LogP contribution < -0.4 is 5.14 Å². The van der Waals surface area contributed by atoms with Gasteiger partial charge in [-0.3, -0.25) is 4.68 Å². The van der Waals surface area contributed by atoms with Gasteiger partial charge in [0.15, 0.2) is 0 Å². The Hall–Kier alpha value is -0.880. The predicted octanol–water partition coefficient (Wildman–Crippen LogP) is 2.12. The van der Waals surface area contributed by atoms with Crippen molar-refractivity contribution in [3.63, 3.8) is 0 Å². The van der Waals surface area contributed by atoms with Gasteiger partial charge in [0.2, 0.25) is 10.0 Å². The first kappa shape index (κ1) is 15.2. The Kier molecular flexibility index (Phi) is 5.34. The second kappa shape index (κ2) is 6.33. The summed E-state index contributed by atoms with van der Waals surface area (Å²) < 4.78 is 24.6. The highest BCUT2D eigenvalue weighted by atomic mass is 32.2. The summed E-state index contributed by atoms with van der Waals surface area (Å²) in [5.41, 5.74) is 1.13. The van der Waals surface area contributed by atoms with Crippen molar-refractivity contribution in [2.75, 3.05) is 0 Å². The Morgan fingerprint density at radius 3 is 2.28 bits per heavy atom. The minimum absolute atomic E-state index is 0.177. The molecule has 0 fully saturated rings. The highest BCUT2D eigenvalue weighted by Gasteiger charge is 2.20. The van der Waals surface area contributed by atoms with Crippen LogP contribution in [0.4, 0.5) is 0 Å². The number of nitrogens with zero attached hydrogens (tertiary/aromatic N) is 2. The van der Waals surface area contributed by atoms with Crippen molar-refractivity contribution in [1.29, 1.82) is 0 Å². The van der Waals surface area contributed by atoms with Gasteiger partial charge in [-0.2, -0.15) is 5.10 Å². The number of hydrogen-bond donors (Lipinski definition) is 1. The summed E-state index contributed by atoms with van der Waals surface area (Å²) in [6.07, 6.45) is 5.86. The molecule has 18 heavy (non-hydrogen) atoms. The van der Waals surface area contributed by atoms with Gasteiger partial charge in [0.05, 0.1) is 11.4 Å². The van der Waals surface area contributed by atoms with Crippen LogP contribution in [0.25, 0.3) is 0 Å². The molecular weight excluding hydrogens is 250 g/mol.